The fraction of sp³-hybridized carbons (Fsp3) is 0.500. The monoisotopic (exact) mass is 269 g/mol. The summed E-state index contributed by atoms with van der Waals surface area (Å²) in [6.07, 6.45) is 1.57. The van der Waals surface area contributed by atoms with E-state index in [9.17, 15) is 9.59 Å². The minimum Gasteiger partial charge on any atom is -0.480 e. The average molecular weight is 269 g/mol. The summed E-state index contributed by atoms with van der Waals surface area (Å²) in [6.45, 7) is 0.381. The van der Waals surface area contributed by atoms with Gasteiger partial charge in [-0.05, 0) is 18.6 Å². The van der Waals surface area contributed by atoms with Crippen molar-refractivity contribution >= 4 is 11.9 Å². The highest BCUT2D eigenvalue weighted by molar-refractivity contribution is 5.91. The smallest absolute Gasteiger partial charge is 0.329 e. The van der Waals surface area contributed by atoms with Crippen molar-refractivity contribution in [3.8, 4) is 0 Å². The first-order valence-electron chi connectivity index (χ1n) is 5.92. The first-order valence-corrected chi connectivity index (χ1v) is 5.92. The van der Waals surface area contributed by atoms with Crippen molar-refractivity contribution in [2.24, 2.45) is 0 Å². The quantitative estimate of drug-likeness (QED) is 0.796. The van der Waals surface area contributed by atoms with Crippen LogP contribution in [0.15, 0.2) is 22.8 Å². The van der Waals surface area contributed by atoms with Gasteiger partial charge in [0.2, 0.25) is 0 Å². The van der Waals surface area contributed by atoms with E-state index in [-0.39, 0.29) is 30.4 Å². The van der Waals surface area contributed by atoms with Gasteiger partial charge in [-0.1, -0.05) is 0 Å². The number of hydrogen-bond acceptors (Lipinski definition) is 5. The average Bonchev–Trinajstić information content (AvgIpc) is 2.91. The molecule has 1 saturated heterocycles. The van der Waals surface area contributed by atoms with E-state index in [1.54, 1.807) is 12.1 Å². The van der Waals surface area contributed by atoms with Crippen LogP contribution in [0.5, 0.6) is 0 Å². The van der Waals surface area contributed by atoms with Gasteiger partial charge < -0.3 is 24.3 Å². The number of aliphatic carboxylic acids is 1. The summed E-state index contributed by atoms with van der Waals surface area (Å²) in [5, 5.41) is 11.3. The fourth-order valence-electron chi connectivity index (χ4n) is 1.88. The van der Waals surface area contributed by atoms with E-state index < -0.39 is 12.6 Å². The fourth-order valence-corrected chi connectivity index (χ4v) is 1.88. The van der Waals surface area contributed by atoms with Crippen LogP contribution in [0.4, 0.5) is 0 Å². The Morgan fingerprint density at radius 2 is 2.37 bits per heavy atom. The van der Waals surface area contributed by atoms with Crippen LogP contribution >= 0.6 is 0 Å². The molecule has 0 radical (unpaired) electrons. The number of hydrogen-bond donors (Lipinski definition) is 2. The summed E-state index contributed by atoms with van der Waals surface area (Å²) in [6, 6.07) is 2.78. The predicted octanol–water partition coefficient (Wildman–Crippen LogP) is 0.268. The first kappa shape index (κ1) is 13.6. The van der Waals surface area contributed by atoms with Crippen LogP contribution < -0.4 is 5.32 Å². The second kappa shape index (κ2) is 6.35. The second-order valence-corrected chi connectivity index (χ2v) is 4.16. The standard InChI is InChI=1S/C12H15NO6/c14-11(15)7-19-9-3-5-17-6-8(9)13-12(16)10-2-1-4-18-10/h1-2,4,8-9H,3,5-7H2,(H,13,16)(H,14,15)/t8-,9+/m1/s1. The van der Waals surface area contributed by atoms with E-state index in [0.29, 0.717) is 13.0 Å². The zero-order valence-electron chi connectivity index (χ0n) is 10.2. The molecule has 2 heterocycles. The molecule has 2 rings (SSSR count). The molecule has 104 valence electrons. The van der Waals surface area contributed by atoms with Crippen molar-refractivity contribution in [2.45, 2.75) is 18.6 Å². The molecule has 1 fully saturated rings. The maximum absolute atomic E-state index is 11.8. The number of furan rings is 1. The van der Waals surface area contributed by atoms with E-state index in [4.69, 9.17) is 19.0 Å². The number of carboxylic acids is 1. The maximum Gasteiger partial charge on any atom is 0.329 e. The molecule has 0 unspecified atom stereocenters. The van der Waals surface area contributed by atoms with Crippen molar-refractivity contribution < 1.29 is 28.6 Å². The molecular weight excluding hydrogens is 254 g/mol. The van der Waals surface area contributed by atoms with E-state index in [0.717, 1.165) is 0 Å². The molecule has 19 heavy (non-hydrogen) atoms. The highest BCUT2D eigenvalue weighted by Crippen LogP contribution is 2.13. The Morgan fingerprint density at radius 3 is 3.05 bits per heavy atom. The SMILES string of the molecule is O=C(O)CO[C@H]1CCOC[C@H]1NC(=O)c1ccco1. The van der Waals surface area contributed by atoms with Crippen molar-refractivity contribution in [1.82, 2.24) is 5.32 Å². The van der Waals surface area contributed by atoms with Crippen LogP contribution in [0, 0.1) is 0 Å². The third-order valence-corrected chi connectivity index (χ3v) is 2.78. The van der Waals surface area contributed by atoms with Gasteiger partial charge >= 0.3 is 5.97 Å². The zero-order valence-corrected chi connectivity index (χ0v) is 10.2. The molecule has 0 saturated carbocycles. The lowest BCUT2D eigenvalue weighted by Gasteiger charge is -2.31. The number of carbonyl (C=O) groups is 2. The van der Waals surface area contributed by atoms with Gasteiger partial charge in [0.15, 0.2) is 5.76 Å². The Labute approximate surface area is 109 Å². The lowest BCUT2D eigenvalue weighted by Crippen LogP contribution is -2.50. The van der Waals surface area contributed by atoms with Crippen LogP contribution in [0.1, 0.15) is 17.0 Å². The van der Waals surface area contributed by atoms with Crippen molar-refractivity contribution in [2.75, 3.05) is 19.8 Å². The van der Waals surface area contributed by atoms with Gasteiger partial charge in [-0.2, -0.15) is 0 Å². The predicted molar refractivity (Wildman–Crippen MR) is 62.8 cm³/mol. The molecular formula is C12H15NO6. The lowest BCUT2D eigenvalue weighted by molar-refractivity contribution is -0.147. The Bertz CT molecular complexity index is 429. The van der Waals surface area contributed by atoms with Gasteiger partial charge in [-0.3, -0.25) is 4.79 Å². The molecule has 0 aromatic carbocycles. The molecule has 1 amide bonds. The maximum atomic E-state index is 11.8. The molecule has 1 aromatic heterocycles. The summed E-state index contributed by atoms with van der Waals surface area (Å²) in [5.74, 6) is -1.21. The molecule has 1 aliphatic rings. The summed E-state index contributed by atoms with van der Waals surface area (Å²) in [5.41, 5.74) is 0. The van der Waals surface area contributed by atoms with Crippen LogP contribution in [-0.4, -0.2) is 48.9 Å². The van der Waals surface area contributed by atoms with Gasteiger partial charge in [0.1, 0.15) is 6.61 Å². The Hall–Kier alpha value is -1.86. The van der Waals surface area contributed by atoms with E-state index in [1.165, 1.54) is 6.26 Å². The third kappa shape index (κ3) is 3.80. The summed E-state index contributed by atoms with van der Waals surface area (Å²) >= 11 is 0. The molecule has 1 aliphatic heterocycles. The van der Waals surface area contributed by atoms with E-state index in [1.807, 2.05) is 0 Å². The molecule has 1 aromatic rings. The van der Waals surface area contributed by atoms with Crippen LogP contribution in [0.2, 0.25) is 0 Å². The molecule has 0 bridgehead atoms. The third-order valence-electron chi connectivity index (χ3n) is 2.78. The highest BCUT2D eigenvalue weighted by Gasteiger charge is 2.29. The normalized spacial score (nSPS) is 22.9. The number of ether oxygens (including phenoxy) is 2. The summed E-state index contributed by atoms with van der Waals surface area (Å²) in [4.78, 5) is 22.3. The second-order valence-electron chi connectivity index (χ2n) is 4.16. The number of nitrogens with one attached hydrogen (secondary N) is 1. The van der Waals surface area contributed by atoms with E-state index in [2.05, 4.69) is 5.32 Å². The van der Waals surface area contributed by atoms with Crippen LogP contribution in [0.3, 0.4) is 0 Å². The molecule has 2 N–H and O–H groups in total. The van der Waals surface area contributed by atoms with Crippen molar-refractivity contribution in [3.63, 3.8) is 0 Å². The largest absolute Gasteiger partial charge is 0.480 e. The van der Waals surface area contributed by atoms with E-state index >= 15 is 0 Å². The van der Waals surface area contributed by atoms with Crippen LogP contribution in [0.25, 0.3) is 0 Å². The molecule has 0 spiro atoms. The topological polar surface area (TPSA) is 98.0 Å². The van der Waals surface area contributed by atoms with Gasteiger partial charge in [0.25, 0.3) is 5.91 Å². The lowest BCUT2D eigenvalue weighted by atomic mass is 10.1. The number of rotatable bonds is 5. The number of carboxylic acid groups (broad SMARTS) is 1. The summed E-state index contributed by atoms with van der Waals surface area (Å²) in [7, 11) is 0. The number of amides is 1. The Balaban J connectivity index is 1.91. The van der Waals surface area contributed by atoms with Gasteiger partial charge in [0, 0.05) is 6.61 Å². The van der Waals surface area contributed by atoms with Gasteiger partial charge in [-0.15, -0.1) is 0 Å². The van der Waals surface area contributed by atoms with Gasteiger partial charge in [-0.25, -0.2) is 4.79 Å². The van der Waals surface area contributed by atoms with Crippen molar-refractivity contribution in [3.05, 3.63) is 24.2 Å². The molecule has 2 atom stereocenters. The minimum atomic E-state index is -1.04. The number of carbonyl (C=O) groups excluding carboxylic acids is 1. The molecule has 7 heteroatoms. The molecule has 7 nitrogen and oxygen atoms in total. The highest BCUT2D eigenvalue weighted by atomic mass is 16.5. The zero-order chi connectivity index (χ0) is 13.7. The minimum absolute atomic E-state index is 0.197. The Kier molecular flexibility index (Phi) is 4.53. The Morgan fingerprint density at radius 1 is 1.53 bits per heavy atom. The van der Waals surface area contributed by atoms with Crippen LogP contribution in [-0.2, 0) is 14.3 Å². The van der Waals surface area contributed by atoms with Gasteiger partial charge in [0.05, 0.1) is 25.0 Å². The van der Waals surface area contributed by atoms with Crippen molar-refractivity contribution in [1.29, 1.82) is 0 Å². The first-order chi connectivity index (χ1) is 9.16. The summed E-state index contributed by atoms with van der Waals surface area (Å²) < 4.78 is 15.5. The molecule has 0 aliphatic carbocycles.